The zero-order valence-electron chi connectivity index (χ0n) is 52.7. The SMILES string of the molecule is CC(C)(C)c1ccc(N(c2ccc3c(c2)N(c2ccc(C(C)(C)C)cc2)c2cc(C(C)(C)C)cc4c2B3c2cc3c(cc2N4c2ccc(C(C)(C)C)cc2)oc2ccc(-c4ccccc4)cc23)c2ccc3c(c2)oc2ccc(-c4ccccc4)cc23)cc1. The van der Waals surface area contributed by atoms with Crippen LogP contribution in [0.4, 0.5) is 51.2 Å². The molecule has 0 bridgehead atoms. The molecule has 0 spiro atoms. The summed E-state index contributed by atoms with van der Waals surface area (Å²) in [4.78, 5) is 7.53. The average molecular weight is 1140 g/mol. The van der Waals surface area contributed by atoms with E-state index in [0.29, 0.717) is 0 Å². The van der Waals surface area contributed by atoms with Crippen LogP contribution < -0.4 is 31.1 Å². The van der Waals surface area contributed by atoms with Crippen molar-refractivity contribution in [2.75, 3.05) is 14.7 Å². The molecule has 0 radical (unpaired) electrons. The van der Waals surface area contributed by atoms with Crippen molar-refractivity contribution in [2.24, 2.45) is 0 Å². The Hall–Kier alpha value is -9.52. The molecule has 4 heterocycles. The average Bonchev–Trinajstić information content (AvgIpc) is 0.820. The van der Waals surface area contributed by atoms with Crippen molar-refractivity contribution in [3.05, 3.63) is 253 Å². The lowest BCUT2D eigenvalue weighted by molar-refractivity contribution is 0.590. The second kappa shape index (κ2) is 20.0. The van der Waals surface area contributed by atoms with Crippen molar-refractivity contribution in [3.63, 3.8) is 0 Å². The number of nitrogens with zero attached hydrogens (tertiary/aromatic N) is 3. The quantitative estimate of drug-likeness (QED) is 0.149. The van der Waals surface area contributed by atoms with Crippen LogP contribution in [-0.4, -0.2) is 6.71 Å². The summed E-state index contributed by atoms with van der Waals surface area (Å²) >= 11 is 0. The number of benzene rings is 11. The van der Waals surface area contributed by atoms with E-state index >= 15 is 0 Å². The summed E-state index contributed by atoms with van der Waals surface area (Å²) in [5, 5.41) is 4.39. The standard InChI is InChI=1S/C82H74BN3O2/c1-79(2,3)55-25-31-59(32-26-55)84(63-37-39-64-65-43-53(51-19-15-13-16-20-51)23-41-74(65)87-76(64)48-63)62-38-40-68-70(47-62)85(60-33-27-56(28-34-60)80(4,5)6)72-45-58(82(10,11)12)46-73-78(72)83(68)69-49-67-66-44-54(52-21-17-14-18-22-52)24-42-75(66)88-77(67)50-71(69)86(73)61-35-29-57(30-36-61)81(7,8)9/h13-50H,1-12H3. The van der Waals surface area contributed by atoms with Crippen LogP contribution in [-0.2, 0) is 21.7 Å². The van der Waals surface area contributed by atoms with E-state index in [-0.39, 0.29) is 28.4 Å². The number of furan rings is 2. The highest BCUT2D eigenvalue weighted by Gasteiger charge is 2.45. The predicted octanol–water partition coefficient (Wildman–Crippen LogP) is 21.6. The predicted molar refractivity (Wildman–Crippen MR) is 375 cm³/mol. The Labute approximate surface area is 518 Å². The molecular weight excluding hydrogens is 1070 g/mol. The minimum Gasteiger partial charge on any atom is -0.456 e. The Kier molecular flexibility index (Phi) is 12.5. The van der Waals surface area contributed by atoms with Gasteiger partial charge in [0.15, 0.2) is 0 Å². The lowest BCUT2D eigenvalue weighted by atomic mass is 9.33. The molecule has 432 valence electrons. The molecule has 6 heteroatoms. The Balaban J connectivity index is 0.999. The first-order valence-corrected chi connectivity index (χ1v) is 31.2. The van der Waals surface area contributed by atoms with E-state index in [1.807, 2.05) is 0 Å². The van der Waals surface area contributed by atoms with Gasteiger partial charge in [-0.15, -0.1) is 0 Å². The Morgan fingerprint density at radius 3 is 1.22 bits per heavy atom. The van der Waals surface area contributed by atoms with Gasteiger partial charge in [0.1, 0.15) is 22.3 Å². The summed E-state index contributed by atoms with van der Waals surface area (Å²) in [6.45, 7) is 27.5. The van der Waals surface area contributed by atoms with Gasteiger partial charge in [-0.1, -0.05) is 204 Å². The molecule has 2 aliphatic heterocycles. The van der Waals surface area contributed by atoms with Gasteiger partial charge in [0.2, 0.25) is 0 Å². The lowest BCUT2D eigenvalue weighted by Gasteiger charge is -2.45. The molecule has 15 rings (SSSR count). The number of anilines is 9. The third-order valence-electron chi connectivity index (χ3n) is 18.7. The van der Waals surface area contributed by atoms with Crippen molar-refractivity contribution in [1.29, 1.82) is 0 Å². The molecule has 2 aliphatic rings. The summed E-state index contributed by atoms with van der Waals surface area (Å²) in [5.41, 5.74) is 26.6. The van der Waals surface area contributed by atoms with E-state index in [9.17, 15) is 0 Å². The molecule has 88 heavy (non-hydrogen) atoms. The second-order valence-corrected chi connectivity index (χ2v) is 28.7. The molecule has 0 aliphatic carbocycles. The minimum atomic E-state index is -0.208. The van der Waals surface area contributed by atoms with Gasteiger partial charge < -0.3 is 23.5 Å². The Morgan fingerprint density at radius 1 is 0.295 bits per heavy atom. The zero-order valence-corrected chi connectivity index (χ0v) is 52.7. The lowest BCUT2D eigenvalue weighted by Crippen LogP contribution is -2.61. The van der Waals surface area contributed by atoms with Crippen molar-refractivity contribution in [2.45, 2.75) is 105 Å². The molecule has 0 atom stereocenters. The molecule has 2 aromatic heterocycles. The van der Waals surface area contributed by atoms with Gasteiger partial charge in [0.05, 0.1) is 0 Å². The second-order valence-electron chi connectivity index (χ2n) is 28.7. The number of fused-ring (bicyclic) bond motifs is 10. The van der Waals surface area contributed by atoms with Gasteiger partial charge >= 0.3 is 0 Å². The minimum absolute atomic E-state index is 0.0156. The highest BCUT2D eigenvalue weighted by Crippen LogP contribution is 2.50. The van der Waals surface area contributed by atoms with Gasteiger partial charge in [-0.25, -0.2) is 0 Å². The van der Waals surface area contributed by atoms with Gasteiger partial charge in [-0.05, 0) is 180 Å². The van der Waals surface area contributed by atoms with Crippen molar-refractivity contribution >= 4 is 118 Å². The Morgan fingerprint density at radius 2 is 0.716 bits per heavy atom. The molecule has 0 saturated heterocycles. The molecule has 13 aromatic rings. The highest BCUT2D eigenvalue weighted by atomic mass is 16.3. The summed E-state index contributed by atoms with van der Waals surface area (Å²) < 4.78 is 13.8. The molecular formula is C82H74BN3O2. The van der Waals surface area contributed by atoms with Gasteiger partial charge in [-0.2, -0.15) is 0 Å². The van der Waals surface area contributed by atoms with Crippen molar-refractivity contribution in [1.82, 2.24) is 0 Å². The summed E-state index contributed by atoms with van der Waals surface area (Å²) in [5.74, 6) is 0. The zero-order chi connectivity index (χ0) is 60.8. The van der Waals surface area contributed by atoms with Crippen molar-refractivity contribution in [3.8, 4) is 22.3 Å². The fourth-order valence-corrected chi connectivity index (χ4v) is 13.7. The molecule has 0 amide bonds. The first-order chi connectivity index (χ1) is 42.1. The molecule has 0 saturated carbocycles. The number of hydrogen-bond acceptors (Lipinski definition) is 5. The molecule has 11 aromatic carbocycles. The summed E-state index contributed by atoms with van der Waals surface area (Å²) in [6.07, 6.45) is 0. The van der Waals surface area contributed by atoms with Gasteiger partial charge in [0.25, 0.3) is 6.71 Å². The molecule has 0 fully saturated rings. The van der Waals surface area contributed by atoms with Gasteiger partial charge in [-0.3, -0.25) is 0 Å². The van der Waals surface area contributed by atoms with Gasteiger partial charge in [0, 0.05) is 84.9 Å². The third kappa shape index (κ3) is 9.30. The first-order valence-electron chi connectivity index (χ1n) is 31.2. The smallest absolute Gasteiger partial charge is 0.252 e. The third-order valence-corrected chi connectivity index (χ3v) is 18.7. The van der Waals surface area contributed by atoms with E-state index < -0.39 is 0 Å². The van der Waals surface area contributed by atoms with E-state index in [1.165, 1.54) is 61.1 Å². The monoisotopic (exact) mass is 1140 g/mol. The maximum absolute atomic E-state index is 6.98. The van der Waals surface area contributed by atoms with Crippen LogP contribution in [0, 0.1) is 0 Å². The van der Waals surface area contributed by atoms with Crippen LogP contribution in [0.15, 0.2) is 239 Å². The van der Waals surface area contributed by atoms with Crippen LogP contribution in [0.25, 0.3) is 66.1 Å². The highest BCUT2D eigenvalue weighted by molar-refractivity contribution is 7.00. The fraction of sp³-hybridized carbons (Fsp3) is 0.195. The molecule has 0 N–H and O–H groups in total. The summed E-state index contributed by atoms with van der Waals surface area (Å²) in [6, 6.07) is 86.1. The van der Waals surface area contributed by atoms with Crippen LogP contribution >= 0.6 is 0 Å². The van der Waals surface area contributed by atoms with Crippen LogP contribution in [0.3, 0.4) is 0 Å². The van der Waals surface area contributed by atoms with E-state index in [1.54, 1.807) is 0 Å². The largest absolute Gasteiger partial charge is 0.456 e. The molecule has 5 nitrogen and oxygen atoms in total. The van der Waals surface area contributed by atoms with Crippen LogP contribution in [0.1, 0.15) is 105 Å². The topological polar surface area (TPSA) is 36.0 Å². The molecule has 0 unspecified atom stereocenters. The Bertz CT molecular complexity index is 4870. The van der Waals surface area contributed by atoms with E-state index in [0.717, 1.165) is 94.8 Å². The summed E-state index contributed by atoms with van der Waals surface area (Å²) in [7, 11) is 0. The van der Waals surface area contributed by atoms with E-state index in [4.69, 9.17) is 8.83 Å². The van der Waals surface area contributed by atoms with Crippen LogP contribution in [0.2, 0.25) is 0 Å². The maximum Gasteiger partial charge on any atom is 0.252 e. The number of hydrogen-bond donors (Lipinski definition) is 0. The normalized spacial score (nSPS) is 13.4. The fourth-order valence-electron chi connectivity index (χ4n) is 13.7. The van der Waals surface area contributed by atoms with E-state index in [2.05, 4.69) is 328 Å². The number of rotatable bonds is 7. The maximum atomic E-state index is 6.98. The van der Waals surface area contributed by atoms with Crippen molar-refractivity contribution < 1.29 is 8.83 Å². The van der Waals surface area contributed by atoms with Crippen LogP contribution in [0.5, 0.6) is 0 Å². The first kappa shape index (κ1) is 55.1.